The molecule has 1 aromatic heterocycles. The Balaban J connectivity index is 1.62. The molecule has 0 bridgehead atoms. The third kappa shape index (κ3) is 2.28. The summed E-state index contributed by atoms with van der Waals surface area (Å²) >= 11 is 0. The quantitative estimate of drug-likeness (QED) is 0.607. The molecule has 0 aliphatic carbocycles. The van der Waals surface area contributed by atoms with E-state index in [9.17, 15) is 14.4 Å². The Bertz CT molecular complexity index is 1110. The molecule has 0 saturated carbocycles. The predicted octanol–water partition coefficient (Wildman–Crippen LogP) is 1.47. The maximum atomic E-state index is 13.0. The van der Waals surface area contributed by atoms with Gasteiger partial charge in [-0.2, -0.15) is 10.3 Å². The molecule has 3 heterocycles. The number of benzene rings is 2. The topological polar surface area (TPSA) is 120 Å². The summed E-state index contributed by atoms with van der Waals surface area (Å²) in [5, 5.41) is 17.4. The molecule has 3 N–H and O–H groups in total. The highest BCUT2D eigenvalue weighted by Gasteiger charge is 2.40. The van der Waals surface area contributed by atoms with Crippen LogP contribution in [0.2, 0.25) is 0 Å². The van der Waals surface area contributed by atoms with E-state index in [1.54, 1.807) is 18.3 Å². The van der Waals surface area contributed by atoms with Gasteiger partial charge < -0.3 is 5.32 Å². The van der Waals surface area contributed by atoms with E-state index in [0.29, 0.717) is 23.5 Å². The van der Waals surface area contributed by atoms with Crippen molar-refractivity contribution in [1.29, 1.82) is 0 Å². The van der Waals surface area contributed by atoms with Gasteiger partial charge in [0.1, 0.15) is 6.04 Å². The van der Waals surface area contributed by atoms with Crippen molar-refractivity contribution in [2.24, 2.45) is 0 Å². The Hall–Kier alpha value is -3.75. The van der Waals surface area contributed by atoms with Crippen molar-refractivity contribution < 1.29 is 14.4 Å². The summed E-state index contributed by atoms with van der Waals surface area (Å²) in [6.07, 6.45) is 2.08. The zero-order valence-electron chi connectivity index (χ0n) is 14.0. The predicted molar refractivity (Wildman–Crippen MR) is 96.6 cm³/mol. The minimum absolute atomic E-state index is 0.214. The number of aromatic nitrogens is 3. The number of nitrogens with one attached hydrogen (secondary N) is 3. The van der Waals surface area contributed by atoms with Crippen molar-refractivity contribution in [3.63, 3.8) is 0 Å². The third-order valence-corrected chi connectivity index (χ3v) is 4.93. The molecule has 2 aliphatic rings. The highest BCUT2D eigenvalue weighted by molar-refractivity contribution is 6.28. The molecule has 9 heteroatoms. The molecule has 134 valence electrons. The number of aromatic amines is 1. The minimum Gasteiger partial charge on any atom is -0.337 e. The van der Waals surface area contributed by atoms with E-state index in [2.05, 4.69) is 26.0 Å². The Morgan fingerprint density at radius 2 is 2.04 bits per heavy atom. The van der Waals surface area contributed by atoms with Gasteiger partial charge in [0, 0.05) is 28.4 Å². The number of carbonyl (C=O) groups excluding carboxylic acids is 3. The summed E-state index contributed by atoms with van der Waals surface area (Å²) in [5.41, 5.74) is 1.99. The van der Waals surface area contributed by atoms with E-state index in [1.807, 2.05) is 18.2 Å². The summed E-state index contributed by atoms with van der Waals surface area (Å²) in [7, 11) is 0. The van der Waals surface area contributed by atoms with Crippen LogP contribution in [0.15, 0.2) is 36.5 Å². The number of hydrogen-bond acceptors (Lipinski definition) is 6. The molecule has 0 spiro atoms. The van der Waals surface area contributed by atoms with Gasteiger partial charge in [-0.25, -0.2) is 0 Å². The fourth-order valence-electron chi connectivity index (χ4n) is 3.75. The maximum absolute atomic E-state index is 13.0. The van der Waals surface area contributed by atoms with Crippen molar-refractivity contribution in [2.45, 2.75) is 18.9 Å². The number of amides is 3. The van der Waals surface area contributed by atoms with Gasteiger partial charge in [-0.1, -0.05) is 12.1 Å². The van der Waals surface area contributed by atoms with E-state index < -0.39 is 11.9 Å². The monoisotopic (exact) mass is 362 g/mol. The van der Waals surface area contributed by atoms with Gasteiger partial charge in [0.25, 0.3) is 5.91 Å². The van der Waals surface area contributed by atoms with Crippen LogP contribution in [-0.2, 0) is 9.59 Å². The van der Waals surface area contributed by atoms with Crippen LogP contribution in [0.25, 0.3) is 10.8 Å². The standard InChI is InChI=1S/C18H14N6O3/c25-15-7-6-13(17(26)21-15)24-12-5-4-11(20-14-8-19-23-22-14)9-2-1-3-10(16(9)12)18(24)27/h1-5,8,13H,6-7H2,(H,21,25,26)(H2,19,20,22,23). The van der Waals surface area contributed by atoms with Crippen LogP contribution in [0.3, 0.4) is 0 Å². The summed E-state index contributed by atoms with van der Waals surface area (Å²) < 4.78 is 0. The van der Waals surface area contributed by atoms with E-state index in [-0.39, 0.29) is 18.2 Å². The molecule has 27 heavy (non-hydrogen) atoms. The Kier molecular flexibility index (Phi) is 3.23. The second kappa shape index (κ2) is 5.63. The second-order valence-corrected chi connectivity index (χ2v) is 6.48. The zero-order chi connectivity index (χ0) is 18.5. The third-order valence-electron chi connectivity index (χ3n) is 4.93. The van der Waals surface area contributed by atoms with Crippen LogP contribution in [0.1, 0.15) is 23.2 Å². The molecule has 2 aromatic carbocycles. The lowest BCUT2D eigenvalue weighted by molar-refractivity contribution is -0.134. The van der Waals surface area contributed by atoms with Gasteiger partial charge in [0.05, 0.1) is 11.9 Å². The molecule has 5 rings (SSSR count). The number of H-pyrrole nitrogens is 1. The summed E-state index contributed by atoms with van der Waals surface area (Å²) in [4.78, 5) is 38.3. The first-order chi connectivity index (χ1) is 13.1. The largest absolute Gasteiger partial charge is 0.337 e. The first-order valence-corrected chi connectivity index (χ1v) is 8.49. The number of imide groups is 1. The highest BCUT2D eigenvalue weighted by Crippen LogP contribution is 2.42. The summed E-state index contributed by atoms with van der Waals surface area (Å²) in [6, 6.07) is 8.42. The molecular weight excluding hydrogens is 348 g/mol. The van der Waals surface area contributed by atoms with Crippen LogP contribution in [-0.4, -0.2) is 39.2 Å². The summed E-state index contributed by atoms with van der Waals surface area (Å²) in [6.45, 7) is 0. The van der Waals surface area contributed by atoms with Gasteiger partial charge >= 0.3 is 0 Å². The number of hydrogen-bond donors (Lipinski definition) is 3. The normalized spacial score (nSPS) is 18.9. The number of rotatable bonds is 3. The molecular formula is C18H14N6O3. The fraction of sp³-hybridized carbons (Fsp3) is 0.167. The molecule has 3 amide bonds. The van der Waals surface area contributed by atoms with Crippen molar-refractivity contribution in [2.75, 3.05) is 10.2 Å². The van der Waals surface area contributed by atoms with E-state index in [1.165, 1.54) is 4.90 Å². The molecule has 3 aromatic rings. The molecule has 1 atom stereocenters. The molecule has 1 saturated heterocycles. The maximum Gasteiger partial charge on any atom is 0.259 e. The Morgan fingerprint density at radius 1 is 1.15 bits per heavy atom. The number of anilines is 3. The van der Waals surface area contributed by atoms with E-state index >= 15 is 0 Å². The van der Waals surface area contributed by atoms with Crippen LogP contribution >= 0.6 is 0 Å². The lowest BCUT2D eigenvalue weighted by Crippen LogP contribution is -2.53. The smallest absolute Gasteiger partial charge is 0.259 e. The van der Waals surface area contributed by atoms with Gasteiger partial charge in [0.2, 0.25) is 11.8 Å². The van der Waals surface area contributed by atoms with E-state index in [4.69, 9.17) is 0 Å². The molecule has 0 radical (unpaired) electrons. The molecule has 2 aliphatic heterocycles. The number of carbonyl (C=O) groups is 3. The molecule has 1 fully saturated rings. The Morgan fingerprint density at radius 3 is 2.81 bits per heavy atom. The van der Waals surface area contributed by atoms with Gasteiger partial charge in [-0.3, -0.25) is 24.6 Å². The van der Waals surface area contributed by atoms with Crippen LogP contribution in [0, 0.1) is 0 Å². The number of piperidine rings is 1. The van der Waals surface area contributed by atoms with Gasteiger partial charge in [-0.15, -0.1) is 5.10 Å². The molecule has 9 nitrogen and oxygen atoms in total. The first kappa shape index (κ1) is 15.5. The second-order valence-electron chi connectivity index (χ2n) is 6.48. The fourth-order valence-corrected chi connectivity index (χ4v) is 3.75. The van der Waals surface area contributed by atoms with E-state index in [0.717, 1.165) is 16.5 Å². The van der Waals surface area contributed by atoms with Crippen molar-refractivity contribution in [3.05, 3.63) is 42.1 Å². The SMILES string of the molecule is O=C1CCC(N2C(=O)c3cccc4c(Nc5cn[nH]n5)ccc2c34)C(=O)N1. The van der Waals surface area contributed by atoms with Crippen molar-refractivity contribution in [3.8, 4) is 0 Å². The van der Waals surface area contributed by atoms with Crippen LogP contribution in [0.4, 0.5) is 17.2 Å². The van der Waals surface area contributed by atoms with Crippen molar-refractivity contribution >= 4 is 45.7 Å². The molecule has 1 unspecified atom stereocenters. The van der Waals surface area contributed by atoms with Crippen LogP contribution < -0.4 is 15.5 Å². The Labute approximate surface area is 152 Å². The highest BCUT2D eigenvalue weighted by atomic mass is 16.2. The zero-order valence-corrected chi connectivity index (χ0v) is 14.0. The van der Waals surface area contributed by atoms with Crippen LogP contribution in [0.5, 0.6) is 0 Å². The minimum atomic E-state index is -0.694. The average molecular weight is 362 g/mol. The summed E-state index contributed by atoms with van der Waals surface area (Å²) in [5.74, 6) is -0.422. The first-order valence-electron chi connectivity index (χ1n) is 8.49. The average Bonchev–Trinajstić information content (AvgIpc) is 3.26. The van der Waals surface area contributed by atoms with Crippen molar-refractivity contribution in [1.82, 2.24) is 20.7 Å². The lowest BCUT2D eigenvalue weighted by atomic mass is 10.0. The lowest BCUT2D eigenvalue weighted by Gasteiger charge is -2.30. The number of nitrogens with zero attached hydrogens (tertiary/aromatic N) is 3. The van der Waals surface area contributed by atoms with Gasteiger partial charge in [-0.05, 0) is 24.6 Å². The van der Waals surface area contributed by atoms with Gasteiger partial charge in [0.15, 0.2) is 5.82 Å².